The van der Waals surface area contributed by atoms with E-state index in [2.05, 4.69) is 110 Å². The number of para-hydroxylation sites is 2. The second-order valence-corrected chi connectivity index (χ2v) is 10.2. The Hall–Kier alpha value is -2.55. The molecular formula is C29H41N2O+. The Labute approximate surface area is 194 Å². The molecule has 2 aromatic carbocycles. The highest BCUT2D eigenvalue weighted by molar-refractivity contribution is 5.53. The van der Waals surface area contributed by atoms with E-state index in [0.29, 0.717) is 29.6 Å². The van der Waals surface area contributed by atoms with Crippen LogP contribution in [0.25, 0.3) is 11.4 Å². The van der Waals surface area contributed by atoms with Crippen LogP contribution in [0.15, 0.2) is 42.7 Å². The molecule has 0 amide bonds. The monoisotopic (exact) mass is 433 g/mol. The first kappa shape index (κ1) is 24.1. The third kappa shape index (κ3) is 4.22. The predicted molar refractivity (Wildman–Crippen MR) is 135 cm³/mol. The van der Waals surface area contributed by atoms with Crippen LogP contribution in [0.3, 0.4) is 0 Å². The minimum Gasteiger partial charge on any atom is -0.475 e. The van der Waals surface area contributed by atoms with Crippen molar-refractivity contribution in [3.8, 4) is 17.3 Å². The quantitative estimate of drug-likeness (QED) is 0.384. The Morgan fingerprint density at radius 3 is 1.50 bits per heavy atom. The maximum atomic E-state index is 11.5. The molecule has 1 N–H and O–H groups in total. The Bertz CT molecular complexity index is 1030. The third-order valence-corrected chi connectivity index (χ3v) is 6.51. The Balaban J connectivity index is 2.42. The van der Waals surface area contributed by atoms with Gasteiger partial charge in [0.2, 0.25) is 0 Å². The number of benzene rings is 2. The molecule has 0 aliphatic heterocycles. The molecule has 0 saturated carbocycles. The van der Waals surface area contributed by atoms with Gasteiger partial charge in [-0.1, -0.05) is 98.7 Å². The molecule has 0 bridgehead atoms. The maximum Gasteiger partial charge on any atom is 0.331 e. The van der Waals surface area contributed by atoms with Crippen molar-refractivity contribution in [1.29, 1.82) is 0 Å². The van der Waals surface area contributed by atoms with Gasteiger partial charge in [0, 0.05) is 28.7 Å². The van der Waals surface area contributed by atoms with Crippen LogP contribution in [-0.4, -0.2) is 9.67 Å². The Morgan fingerprint density at radius 2 is 1.12 bits per heavy atom. The zero-order valence-corrected chi connectivity index (χ0v) is 21.4. The summed E-state index contributed by atoms with van der Waals surface area (Å²) in [4.78, 5) is 0. The Kier molecular flexibility index (Phi) is 7.17. The van der Waals surface area contributed by atoms with Gasteiger partial charge in [0.25, 0.3) is 6.33 Å². The van der Waals surface area contributed by atoms with Crippen molar-refractivity contribution in [2.24, 2.45) is 0 Å². The summed E-state index contributed by atoms with van der Waals surface area (Å²) in [6.45, 7) is 20.0. The molecule has 0 saturated heterocycles. The average molecular weight is 434 g/mol. The summed E-state index contributed by atoms with van der Waals surface area (Å²) in [5.41, 5.74) is 8.44. The van der Waals surface area contributed by atoms with Crippen molar-refractivity contribution in [1.82, 2.24) is 4.57 Å². The van der Waals surface area contributed by atoms with Crippen LogP contribution >= 0.6 is 0 Å². The lowest BCUT2D eigenvalue weighted by atomic mass is 9.92. The summed E-state index contributed by atoms with van der Waals surface area (Å²) in [5, 5.41) is 11.5. The number of aromatic nitrogens is 2. The molecule has 0 fully saturated rings. The molecule has 3 heteroatoms. The number of hydrogen-bond acceptors (Lipinski definition) is 1. The highest BCUT2D eigenvalue weighted by Gasteiger charge is 2.31. The van der Waals surface area contributed by atoms with Gasteiger partial charge >= 0.3 is 5.88 Å². The zero-order chi connectivity index (χ0) is 23.7. The normalized spacial score (nSPS) is 12.0. The van der Waals surface area contributed by atoms with Crippen LogP contribution in [-0.2, 0) is 6.42 Å². The van der Waals surface area contributed by atoms with Crippen LogP contribution < -0.4 is 4.57 Å². The number of imidazole rings is 1. The third-order valence-electron chi connectivity index (χ3n) is 6.51. The van der Waals surface area contributed by atoms with Crippen LogP contribution in [0, 0.1) is 0 Å². The second kappa shape index (κ2) is 9.52. The molecule has 1 heterocycles. The van der Waals surface area contributed by atoms with E-state index in [1.807, 2.05) is 4.57 Å². The average Bonchev–Trinajstić information content (AvgIpc) is 3.07. The van der Waals surface area contributed by atoms with Crippen molar-refractivity contribution in [3.63, 3.8) is 0 Å². The van der Waals surface area contributed by atoms with E-state index in [-0.39, 0.29) is 0 Å². The smallest absolute Gasteiger partial charge is 0.331 e. The molecule has 1 aromatic heterocycles. The minimum atomic E-state index is 0.343. The molecule has 0 atom stereocenters. The van der Waals surface area contributed by atoms with Gasteiger partial charge in [-0.25, -0.2) is 0 Å². The summed E-state index contributed by atoms with van der Waals surface area (Å²) in [7, 11) is 0. The molecule has 0 radical (unpaired) electrons. The zero-order valence-electron chi connectivity index (χ0n) is 21.4. The van der Waals surface area contributed by atoms with E-state index in [4.69, 9.17) is 0 Å². The van der Waals surface area contributed by atoms with Crippen molar-refractivity contribution in [2.45, 2.75) is 92.4 Å². The number of aromatic hydroxyl groups is 1. The lowest BCUT2D eigenvalue weighted by Gasteiger charge is -2.17. The maximum absolute atomic E-state index is 11.5. The van der Waals surface area contributed by atoms with Crippen LogP contribution in [0.4, 0.5) is 0 Å². The Morgan fingerprint density at radius 1 is 0.719 bits per heavy atom. The minimum absolute atomic E-state index is 0.343. The van der Waals surface area contributed by atoms with Gasteiger partial charge in [0.05, 0.1) is 0 Å². The largest absolute Gasteiger partial charge is 0.475 e. The van der Waals surface area contributed by atoms with E-state index in [1.165, 1.54) is 27.9 Å². The standard InChI is InChI=1S/C29H40N2O/c1-10-26-29(32)31(28-24(20(6)7)15-12-16-25(28)21(8)9)17-30(26)27-22(18(2)3)13-11-14-23(27)19(4)5/h11-21H,10H2,1-9H3/p+1. The van der Waals surface area contributed by atoms with E-state index in [0.717, 1.165) is 17.8 Å². The van der Waals surface area contributed by atoms with Crippen molar-refractivity contribution in [2.75, 3.05) is 0 Å². The van der Waals surface area contributed by atoms with Crippen molar-refractivity contribution < 1.29 is 9.67 Å². The van der Waals surface area contributed by atoms with Crippen molar-refractivity contribution in [3.05, 3.63) is 70.7 Å². The molecule has 0 spiro atoms. The van der Waals surface area contributed by atoms with Gasteiger partial charge in [-0.05, 0) is 23.7 Å². The molecular weight excluding hydrogens is 392 g/mol. The highest BCUT2D eigenvalue weighted by atomic mass is 16.3. The first-order valence-electron chi connectivity index (χ1n) is 12.2. The summed E-state index contributed by atoms with van der Waals surface area (Å²) in [6, 6.07) is 13.2. The van der Waals surface area contributed by atoms with Gasteiger partial charge < -0.3 is 5.11 Å². The molecule has 3 nitrogen and oxygen atoms in total. The summed E-state index contributed by atoms with van der Waals surface area (Å²) in [5.74, 6) is 1.84. The summed E-state index contributed by atoms with van der Waals surface area (Å²) >= 11 is 0. The number of hydrogen-bond donors (Lipinski definition) is 1. The summed E-state index contributed by atoms with van der Waals surface area (Å²) in [6.07, 6.45) is 2.87. The van der Waals surface area contributed by atoms with E-state index in [9.17, 15) is 5.11 Å². The molecule has 172 valence electrons. The molecule has 3 aromatic rings. The van der Waals surface area contributed by atoms with E-state index in [1.54, 1.807) is 0 Å². The molecule has 3 rings (SSSR count). The molecule has 32 heavy (non-hydrogen) atoms. The number of rotatable bonds is 7. The molecule has 0 unspecified atom stereocenters. The summed E-state index contributed by atoms with van der Waals surface area (Å²) < 4.78 is 4.28. The van der Waals surface area contributed by atoms with Crippen LogP contribution in [0.2, 0.25) is 0 Å². The first-order chi connectivity index (χ1) is 15.1. The lowest BCUT2D eigenvalue weighted by molar-refractivity contribution is -0.604. The van der Waals surface area contributed by atoms with Gasteiger partial charge in [-0.2, -0.15) is 9.13 Å². The number of nitrogens with zero attached hydrogens (tertiary/aromatic N) is 2. The molecule has 0 aliphatic rings. The van der Waals surface area contributed by atoms with Gasteiger partial charge in [-0.15, -0.1) is 0 Å². The van der Waals surface area contributed by atoms with E-state index >= 15 is 0 Å². The highest BCUT2D eigenvalue weighted by Crippen LogP contribution is 2.35. The fourth-order valence-corrected chi connectivity index (χ4v) is 4.75. The SMILES string of the molecule is CCc1c(O)[n+](-c2c(C(C)C)cccc2C(C)C)cn1-c1c(C(C)C)cccc1C(C)C. The predicted octanol–water partition coefficient (Wildman–Crippen LogP) is 7.52. The first-order valence-corrected chi connectivity index (χ1v) is 12.2. The van der Waals surface area contributed by atoms with E-state index < -0.39 is 0 Å². The molecule has 0 aliphatic carbocycles. The van der Waals surface area contributed by atoms with Crippen LogP contribution in [0.1, 0.15) is 114 Å². The lowest BCUT2D eigenvalue weighted by Crippen LogP contribution is -2.32. The van der Waals surface area contributed by atoms with Gasteiger partial charge in [0.15, 0.2) is 5.69 Å². The van der Waals surface area contributed by atoms with Crippen molar-refractivity contribution >= 4 is 0 Å². The topological polar surface area (TPSA) is 29.0 Å². The fraction of sp³-hybridized carbons (Fsp3) is 0.483. The van der Waals surface area contributed by atoms with Crippen LogP contribution in [0.5, 0.6) is 5.88 Å². The van der Waals surface area contributed by atoms with Gasteiger partial charge in [-0.3, -0.25) is 0 Å². The van der Waals surface area contributed by atoms with Gasteiger partial charge in [0.1, 0.15) is 11.4 Å². The second-order valence-electron chi connectivity index (χ2n) is 10.2. The fourth-order valence-electron chi connectivity index (χ4n) is 4.75.